The minimum atomic E-state index is -0.608. The summed E-state index contributed by atoms with van der Waals surface area (Å²) in [6, 6.07) is 10.8. The van der Waals surface area contributed by atoms with Crippen LogP contribution in [0, 0.1) is 0 Å². The Hall–Kier alpha value is -1.42. The van der Waals surface area contributed by atoms with Crippen LogP contribution < -0.4 is 9.47 Å². The first-order chi connectivity index (χ1) is 10.1. The monoisotopic (exact) mass is 324 g/mol. The first-order valence-corrected chi connectivity index (χ1v) is 7.31. The van der Waals surface area contributed by atoms with Gasteiger partial charge in [0.1, 0.15) is 17.6 Å². The van der Waals surface area contributed by atoms with E-state index in [0.717, 1.165) is 11.1 Å². The fourth-order valence-corrected chi connectivity index (χ4v) is 2.78. The van der Waals surface area contributed by atoms with Gasteiger partial charge in [-0.3, -0.25) is 0 Å². The van der Waals surface area contributed by atoms with Crippen molar-refractivity contribution in [2.45, 2.75) is 18.6 Å². The van der Waals surface area contributed by atoms with Crippen LogP contribution in [-0.4, -0.2) is 12.2 Å². The minimum Gasteiger partial charge on any atom is -0.497 e. The summed E-state index contributed by atoms with van der Waals surface area (Å²) in [6.45, 7) is 0. The molecule has 0 saturated heterocycles. The molecule has 2 atom stereocenters. The molecule has 3 nitrogen and oxygen atoms in total. The highest BCUT2D eigenvalue weighted by molar-refractivity contribution is 6.42. The Bertz CT molecular complexity index is 673. The Morgan fingerprint density at radius 2 is 1.95 bits per heavy atom. The lowest BCUT2D eigenvalue weighted by Crippen LogP contribution is -2.19. The standard InChI is InChI=1S/C16H14Cl2O3/c1-20-10-3-5-15-11(7-10)14(19)8-16(21-15)9-2-4-12(17)13(18)6-9/h2-7,14,16,19H,8H2,1H3/t14-,16?/m1/s1. The number of benzene rings is 2. The maximum absolute atomic E-state index is 10.3. The molecule has 0 aromatic heterocycles. The first-order valence-electron chi connectivity index (χ1n) is 6.56. The van der Waals surface area contributed by atoms with Crippen LogP contribution in [0.15, 0.2) is 36.4 Å². The summed E-state index contributed by atoms with van der Waals surface area (Å²) in [5.41, 5.74) is 1.63. The van der Waals surface area contributed by atoms with Crippen LogP contribution >= 0.6 is 23.2 Å². The third kappa shape index (κ3) is 2.82. The predicted octanol–water partition coefficient (Wildman–Crippen LogP) is 4.56. The van der Waals surface area contributed by atoms with Gasteiger partial charge < -0.3 is 14.6 Å². The Balaban J connectivity index is 1.92. The fourth-order valence-electron chi connectivity index (χ4n) is 2.47. The smallest absolute Gasteiger partial charge is 0.127 e. The molecule has 0 radical (unpaired) electrons. The van der Waals surface area contributed by atoms with Crippen molar-refractivity contribution < 1.29 is 14.6 Å². The van der Waals surface area contributed by atoms with E-state index >= 15 is 0 Å². The summed E-state index contributed by atoms with van der Waals surface area (Å²) in [6.07, 6.45) is -0.406. The summed E-state index contributed by atoms with van der Waals surface area (Å²) in [5, 5.41) is 11.3. The van der Waals surface area contributed by atoms with Crippen LogP contribution in [0.25, 0.3) is 0 Å². The molecule has 1 aliphatic heterocycles. The van der Waals surface area contributed by atoms with Crippen LogP contribution in [-0.2, 0) is 0 Å². The zero-order valence-electron chi connectivity index (χ0n) is 11.3. The van der Waals surface area contributed by atoms with Crippen LogP contribution in [0.5, 0.6) is 11.5 Å². The third-order valence-electron chi connectivity index (χ3n) is 3.60. The molecule has 0 bridgehead atoms. The van der Waals surface area contributed by atoms with E-state index in [1.807, 2.05) is 12.1 Å². The topological polar surface area (TPSA) is 38.7 Å². The minimum absolute atomic E-state index is 0.254. The highest BCUT2D eigenvalue weighted by Gasteiger charge is 2.28. The van der Waals surface area contributed by atoms with Crippen LogP contribution in [0.3, 0.4) is 0 Å². The largest absolute Gasteiger partial charge is 0.497 e. The number of fused-ring (bicyclic) bond motifs is 1. The van der Waals surface area contributed by atoms with E-state index in [1.165, 1.54) is 0 Å². The molecule has 1 heterocycles. The number of aliphatic hydroxyl groups excluding tert-OH is 1. The van der Waals surface area contributed by atoms with Crippen molar-refractivity contribution in [3.8, 4) is 11.5 Å². The number of rotatable bonds is 2. The molecule has 3 rings (SSSR count). The molecule has 0 spiro atoms. The number of methoxy groups -OCH3 is 1. The van der Waals surface area contributed by atoms with Gasteiger partial charge in [-0.05, 0) is 35.9 Å². The maximum Gasteiger partial charge on any atom is 0.127 e. The zero-order valence-corrected chi connectivity index (χ0v) is 12.9. The first kappa shape index (κ1) is 14.5. The Labute approximate surface area is 133 Å². The van der Waals surface area contributed by atoms with Crippen molar-refractivity contribution in [2.24, 2.45) is 0 Å². The van der Waals surface area contributed by atoms with E-state index in [1.54, 1.807) is 31.4 Å². The van der Waals surface area contributed by atoms with Crippen molar-refractivity contribution >= 4 is 23.2 Å². The van der Waals surface area contributed by atoms with Gasteiger partial charge in [0.2, 0.25) is 0 Å². The molecular weight excluding hydrogens is 311 g/mol. The lowest BCUT2D eigenvalue weighted by Gasteiger charge is -2.30. The highest BCUT2D eigenvalue weighted by Crippen LogP contribution is 2.42. The normalized spacial score (nSPS) is 20.6. The molecule has 1 N–H and O–H groups in total. The van der Waals surface area contributed by atoms with Crippen LogP contribution in [0.4, 0.5) is 0 Å². The summed E-state index contributed by atoms with van der Waals surface area (Å²) < 4.78 is 11.1. The molecule has 0 fully saturated rings. The van der Waals surface area contributed by atoms with E-state index in [2.05, 4.69) is 0 Å². The van der Waals surface area contributed by atoms with Crippen molar-refractivity contribution in [1.29, 1.82) is 0 Å². The number of aliphatic hydroxyl groups is 1. The van der Waals surface area contributed by atoms with E-state index in [9.17, 15) is 5.11 Å². The molecule has 1 unspecified atom stereocenters. The van der Waals surface area contributed by atoms with Gasteiger partial charge in [0.15, 0.2) is 0 Å². The van der Waals surface area contributed by atoms with Gasteiger partial charge in [-0.15, -0.1) is 0 Å². The van der Waals surface area contributed by atoms with Crippen molar-refractivity contribution in [3.63, 3.8) is 0 Å². The van der Waals surface area contributed by atoms with E-state index in [0.29, 0.717) is 28.0 Å². The van der Waals surface area contributed by atoms with Gasteiger partial charge in [-0.25, -0.2) is 0 Å². The van der Waals surface area contributed by atoms with Crippen molar-refractivity contribution in [2.75, 3.05) is 7.11 Å². The molecule has 1 aliphatic rings. The fraction of sp³-hybridized carbons (Fsp3) is 0.250. The molecule has 110 valence electrons. The summed E-state index contributed by atoms with van der Waals surface area (Å²) in [4.78, 5) is 0. The highest BCUT2D eigenvalue weighted by atomic mass is 35.5. The average molecular weight is 325 g/mol. The number of halogens is 2. The summed E-state index contributed by atoms with van der Waals surface area (Å²) in [7, 11) is 1.59. The quantitative estimate of drug-likeness (QED) is 0.880. The van der Waals surface area contributed by atoms with Gasteiger partial charge in [-0.1, -0.05) is 29.3 Å². The SMILES string of the molecule is COc1ccc2c(c1)[C@H](O)CC(c1ccc(Cl)c(Cl)c1)O2. The molecule has 2 aromatic carbocycles. The van der Waals surface area contributed by atoms with Gasteiger partial charge in [0, 0.05) is 12.0 Å². The van der Waals surface area contributed by atoms with Crippen LogP contribution in [0.2, 0.25) is 10.0 Å². The van der Waals surface area contributed by atoms with Crippen LogP contribution in [0.1, 0.15) is 29.8 Å². The Morgan fingerprint density at radius 1 is 1.14 bits per heavy atom. The maximum atomic E-state index is 10.3. The van der Waals surface area contributed by atoms with E-state index in [4.69, 9.17) is 32.7 Å². The lowest BCUT2D eigenvalue weighted by atomic mass is 9.95. The van der Waals surface area contributed by atoms with E-state index < -0.39 is 6.10 Å². The number of ether oxygens (including phenoxy) is 2. The summed E-state index contributed by atoms with van der Waals surface area (Å²) >= 11 is 12.0. The number of hydrogen-bond donors (Lipinski definition) is 1. The molecule has 21 heavy (non-hydrogen) atoms. The molecular formula is C16H14Cl2O3. The zero-order chi connectivity index (χ0) is 15.0. The van der Waals surface area contributed by atoms with Gasteiger partial charge >= 0.3 is 0 Å². The van der Waals surface area contributed by atoms with Gasteiger partial charge in [0.05, 0.1) is 23.3 Å². The molecule has 2 aromatic rings. The van der Waals surface area contributed by atoms with E-state index in [-0.39, 0.29) is 6.10 Å². The Kier molecular flexibility index (Phi) is 3.98. The third-order valence-corrected chi connectivity index (χ3v) is 4.34. The second kappa shape index (κ2) is 5.76. The molecule has 5 heteroatoms. The molecule has 0 aliphatic carbocycles. The van der Waals surface area contributed by atoms with Gasteiger partial charge in [-0.2, -0.15) is 0 Å². The van der Waals surface area contributed by atoms with Gasteiger partial charge in [0.25, 0.3) is 0 Å². The second-order valence-electron chi connectivity index (χ2n) is 4.94. The average Bonchev–Trinajstić information content (AvgIpc) is 2.49. The number of hydrogen-bond acceptors (Lipinski definition) is 3. The lowest BCUT2D eigenvalue weighted by molar-refractivity contribution is 0.0654. The molecule has 0 amide bonds. The van der Waals surface area contributed by atoms with Crippen molar-refractivity contribution in [3.05, 3.63) is 57.6 Å². The second-order valence-corrected chi connectivity index (χ2v) is 5.75. The predicted molar refractivity (Wildman–Crippen MR) is 82.4 cm³/mol. The summed E-state index contributed by atoms with van der Waals surface area (Å²) in [5.74, 6) is 1.36. The molecule has 0 saturated carbocycles. The van der Waals surface area contributed by atoms with Crippen molar-refractivity contribution in [1.82, 2.24) is 0 Å². The Morgan fingerprint density at radius 3 is 2.67 bits per heavy atom.